The Morgan fingerprint density at radius 1 is 1.22 bits per heavy atom. The molecule has 7 heteroatoms. The molecule has 27 heavy (non-hydrogen) atoms. The van der Waals surface area contributed by atoms with Gasteiger partial charge in [0.15, 0.2) is 5.82 Å². The molecule has 1 unspecified atom stereocenters. The van der Waals surface area contributed by atoms with Crippen LogP contribution < -0.4 is 4.90 Å². The standard InChI is InChI=1S/C20H28FN3O3/c21-19-13-18(24(26)27)8-9-20(19)22-11-4-5-16(14-22)10-12-23(15-25)17-6-2-1-3-7-17/h8-9,13,15-17H,1-7,10-12,14H2. The zero-order valence-corrected chi connectivity index (χ0v) is 15.7. The zero-order chi connectivity index (χ0) is 19.2. The SMILES string of the molecule is O=CN(CCC1CCCN(c2ccc([N+](=O)[O-])cc2F)C1)C1CCCCC1. The maximum absolute atomic E-state index is 14.3. The summed E-state index contributed by atoms with van der Waals surface area (Å²) in [6, 6.07) is 4.24. The minimum Gasteiger partial charge on any atom is -0.369 e. The minimum absolute atomic E-state index is 0.223. The van der Waals surface area contributed by atoms with Gasteiger partial charge in [-0.1, -0.05) is 19.3 Å². The molecule has 1 amide bonds. The fourth-order valence-corrected chi connectivity index (χ4v) is 4.45. The predicted molar refractivity (Wildman–Crippen MR) is 102 cm³/mol. The van der Waals surface area contributed by atoms with Crippen molar-refractivity contribution in [2.24, 2.45) is 5.92 Å². The molecule has 1 aliphatic heterocycles. The molecule has 1 saturated carbocycles. The summed E-state index contributed by atoms with van der Waals surface area (Å²) in [7, 11) is 0. The Morgan fingerprint density at radius 3 is 2.67 bits per heavy atom. The highest BCUT2D eigenvalue weighted by Crippen LogP contribution is 2.30. The number of amides is 1. The maximum atomic E-state index is 14.3. The van der Waals surface area contributed by atoms with Crippen molar-refractivity contribution in [3.8, 4) is 0 Å². The first-order valence-corrected chi connectivity index (χ1v) is 9.98. The van der Waals surface area contributed by atoms with Gasteiger partial charge in [0, 0.05) is 31.7 Å². The van der Waals surface area contributed by atoms with Crippen LogP contribution in [0.15, 0.2) is 18.2 Å². The van der Waals surface area contributed by atoms with Gasteiger partial charge in [0.2, 0.25) is 6.41 Å². The quantitative estimate of drug-likeness (QED) is 0.407. The summed E-state index contributed by atoms with van der Waals surface area (Å²) < 4.78 is 14.3. The number of nitro groups is 1. The number of hydrogen-bond acceptors (Lipinski definition) is 4. The molecule has 0 spiro atoms. The van der Waals surface area contributed by atoms with E-state index in [2.05, 4.69) is 0 Å². The predicted octanol–water partition coefficient (Wildman–Crippen LogP) is 4.13. The van der Waals surface area contributed by atoms with Crippen LogP contribution in [0.1, 0.15) is 51.4 Å². The van der Waals surface area contributed by atoms with Crippen LogP contribution in [0, 0.1) is 21.8 Å². The average Bonchev–Trinajstić information content (AvgIpc) is 2.69. The van der Waals surface area contributed by atoms with Crippen LogP contribution in [0.2, 0.25) is 0 Å². The molecule has 1 saturated heterocycles. The first-order chi connectivity index (χ1) is 13.1. The van der Waals surface area contributed by atoms with Crippen molar-refractivity contribution in [1.29, 1.82) is 0 Å². The second-order valence-electron chi connectivity index (χ2n) is 7.77. The Kier molecular flexibility index (Phi) is 6.63. The van der Waals surface area contributed by atoms with E-state index in [0.29, 0.717) is 17.6 Å². The normalized spacial score (nSPS) is 21.1. The number of carbonyl (C=O) groups excluding carboxylic acids is 1. The molecule has 0 N–H and O–H groups in total. The lowest BCUT2D eigenvalue weighted by Crippen LogP contribution is -2.40. The Labute approximate surface area is 159 Å². The summed E-state index contributed by atoms with van der Waals surface area (Å²) in [5.74, 6) is -0.138. The highest BCUT2D eigenvalue weighted by atomic mass is 19.1. The zero-order valence-electron chi connectivity index (χ0n) is 15.7. The molecule has 2 aliphatic rings. The maximum Gasteiger partial charge on any atom is 0.272 e. The first kappa shape index (κ1) is 19.6. The number of rotatable bonds is 7. The summed E-state index contributed by atoms with van der Waals surface area (Å²) in [6.07, 6.45) is 9.81. The number of piperidine rings is 1. The third-order valence-corrected chi connectivity index (χ3v) is 5.98. The Bertz CT molecular complexity index is 664. The first-order valence-electron chi connectivity index (χ1n) is 9.98. The fourth-order valence-electron chi connectivity index (χ4n) is 4.45. The molecule has 1 heterocycles. The van der Waals surface area contributed by atoms with Crippen LogP contribution >= 0.6 is 0 Å². The van der Waals surface area contributed by atoms with E-state index in [0.717, 1.165) is 64.2 Å². The molecule has 1 atom stereocenters. The molecule has 0 bridgehead atoms. The van der Waals surface area contributed by atoms with Gasteiger partial charge in [-0.25, -0.2) is 4.39 Å². The van der Waals surface area contributed by atoms with Crippen molar-refractivity contribution in [3.63, 3.8) is 0 Å². The molecule has 1 aliphatic carbocycles. The average molecular weight is 377 g/mol. The summed E-state index contributed by atoms with van der Waals surface area (Å²) in [5.41, 5.74) is 0.212. The number of anilines is 1. The Balaban J connectivity index is 1.57. The summed E-state index contributed by atoms with van der Waals surface area (Å²) in [5, 5.41) is 10.8. The van der Waals surface area contributed by atoms with E-state index in [4.69, 9.17) is 0 Å². The molecule has 1 aromatic carbocycles. The molecular formula is C20H28FN3O3. The lowest BCUT2D eigenvalue weighted by Gasteiger charge is -2.36. The number of halogens is 1. The lowest BCUT2D eigenvalue weighted by molar-refractivity contribution is -0.385. The molecule has 148 valence electrons. The van der Waals surface area contributed by atoms with Crippen molar-refractivity contribution in [2.75, 3.05) is 24.5 Å². The topological polar surface area (TPSA) is 66.7 Å². The van der Waals surface area contributed by atoms with Gasteiger partial charge in [0.05, 0.1) is 16.7 Å². The van der Waals surface area contributed by atoms with Crippen LogP contribution in [0.3, 0.4) is 0 Å². The van der Waals surface area contributed by atoms with Crippen LogP contribution in [0.5, 0.6) is 0 Å². The number of benzene rings is 1. The fraction of sp³-hybridized carbons (Fsp3) is 0.650. The summed E-state index contributed by atoms with van der Waals surface area (Å²) >= 11 is 0. The Hall–Kier alpha value is -2.18. The largest absolute Gasteiger partial charge is 0.369 e. The van der Waals surface area contributed by atoms with Crippen LogP contribution in [0.25, 0.3) is 0 Å². The van der Waals surface area contributed by atoms with Crippen LogP contribution in [0.4, 0.5) is 15.8 Å². The third-order valence-electron chi connectivity index (χ3n) is 5.98. The van der Waals surface area contributed by atoms with E-state index >= 15 is 0 Å². The van der Waals surface area contributed by atoms with E-state index in [1.807, 2.05) is 9.80 Å². The molecule has 3 rings (SSSR count). The van der Waals surface area contributed by atoms with Crippen molar-refractivity contribution in [2.45, 2.75) is 57.4 Å². The smallest absolute Gasteiger partial charge is 0.272 e. The molecule has 1 aromatic rings. The van der Waals surface area contributed by atoms with Gasteiger partial charge in [-0.05, 0) is 44.1 Å². The van der Waals surface area contributed by atoms with E-state index in [1.54, 1.807) is 0 Å². The van der Waals surface area contributed by atoms with Gasteiger partial charge >= 0.3 is 0 Å². The number of hydrogen-bond donors (Lipinski definition) is 0. The van der Waals surface area contributed by atoms with Crippen molar-refractivity contribution in [3.05, 3.63) is 34.1 Å². The van der Waals surface area contributed by atoms with Gasteiger partial charge < -0.3 is 9.80 Å². The molecule has 2 fully saturated rings. The number of nitrogens with zero attached hydrogens (tertiary/aromatic N) is 3. The second-order valence-corrected chi connectivity index (χ2v) is 7.77. The third kappa shape index (κ3) is 4.96. The Morgan fingerprint density at radius 2 is 2.00 bits per heavy atom. The van der Waals surface area contributed by atoms with Crippen molar-refractivity contribution < 1.29 is 14.1 Å². The van der Waals surface area contributed by atoms with Gasteiger partial charge in [-0.2, -0.15) is 0 Å². The van der Waals surface area contributed by atoms with Crippen LogP contribution in [-0.2, 0) is 4.79 Å². The number of non-ortho nitro benzene ring substituents is 1. The molecular weight excluding hydrogens is 349 g/mol. The van der Waals surface area contributed by atoms with E-state index in [9.17, 15) is 19.3 Å². The van der Waals surface area contributed by atoms with Crippen molar-refractivity contribution in [1.82, 2.24) is 4.90 Å². The number of nitro benzene ring substituents is 1. The van der Waals surface area contributed by atoms with Crippen LogP contribution in [-0.4, -0.2) is 41.9 Å². The molecule has 0 aromatic heterocycles. The highest BCUT2D eigenvalue weighted by molar-refractivity contribution is 5.52. The molecule has 0 radical (unpaired) electrons. The van der Waals surface area contributed by atoms with E-state index in [-0.39, 0.29) is 5.69 Å². The molecule has 6 nitrogen and oxygen atoms in total. The summed E-state index contributed by atoms with van der Waals surface area (Å²) in [6.45, 7) is 2.24. The van der Waals surface area contributed by atoms with Gasteiger partial charge in [-0.3, -0.25) is 14.9 Å². The van der Waals surface area contributed by atoms with Gasteiger partial charge in [0.1, 0.15) is 0 Å². The van der Waals surface area contributed by atoms with Gasteiger partial charge in [0.25, 0.3) is 5.69 Å². The van der Waals surface area contributed by atoms with Crippen molar-refractivity contribution >= 4 is 17.8 Å². The lowest BCUT2D eigenvalue weighted by atomic mass is 9.92. The van der Waals surface area contributed by atoms with E-state index < -0.39 is 10.7 Å². The summed E-state index contributed by atoms with van der Waals surface area (Å²) in [4.78, 5) is 25.7. The second kappa shape index (κ2) is 9.15. The minimum atomic E-state index is -0.578. The number of carbonyl (C=O) groups is 1. The highest BCUT2D eigenvalue weighted by Gasteiger charge is 2.25. The van der Waals surface area contributed by atoms with Gasteiger partial charge in [-0.15, -0.1) is 0 Å². The monoisotopic (exact) mass is 377 g/mol. The van der Waals surface area contributed by atoms with E-state index in [1.165, 1.54) is 31.4 Å².